The molecular formula is C19H28N2O3. The number of hydrogen-bond donors (Lipinski definition) is 1. The van der Waals surface area contributed by atoms with E-state index in [9.17, 15) is 9.59 Å². The Morgan fingerprint density at radius 3 is 2.21 bits per heavy atom. The topological polar surface area (TPSA) is 60.9 Å². The van der Waals surface area contributed by atoms with Gasteiger partial charge in [0.1, 0.15) is 6.61 Å². The molecule has 0 bridgehead atoms. The fourth-order valence-corrected chi connectivity index (χ4v) is 3.54. The maximum absolute atomic E-state index is 12.3. The van der Waals surface area contributed by atoms with E-state index in [2.05, 4.69) is 18.7 Å². The van der Waals surface area contributed by atoms with Crippen molar-refractivity contribution in [2.24, 2.45) is 0 Å². The fraction of sp³-hybridized carbons (Fsp3) is 0.579. The van der Waals surface area contributed by atoms with Crippen LogP contribution in [-0.4, -0.2) is 58.4 Å². The number of amides is 1. The third-order valence-electron chi connectivity index (χ3n) is 4.57. The number of benzene rings is 1. The smallest absolute Gasteiger partial charge is 0.223 e. The second-order valence-electron chi connectivity index (χ2n) is 6.72. The molecule has 2 rings (SSSR count). The second-order valence-corrected chi connectivity index (χ2v) is 6.72. The molecule has 1 aromatic carbocycles. The van der Waals surface area contributed by atoms with Gasteiger partial charge in [0.25, 0.3) is 0 Å². The molecule has 24 heavy (non-hydrogen) atoms. The summed E-state index contributed by atoms with van der Waals surface area (Å²) in [6, 6.07) is 7.83. The van der Waals surface area contributed by atoms with Crippen LogP contribution in [0.15, 0.2) is 24.3 Å². The molecule has 2 atom stereocenters. The first-order valence-electron chi connectivity index (χ1n) is 8.72. The van der Waals surface area contributed by atoms with E-state index in [0.29, 0.717) is 12.0 Å². The molecule has 1 fully saturated rings. The van der Waals surface area contributed by atoms with Gasteiger partial charge >= 0.3 is 0 Å². The van der Waals surface area contributed by atoms with Crippen LogP contribution in [-0.2, 0) is 11.3 Å². The lowest BCUT2D eigenvalue weighted by atomic mass is 10.0. The van der Waals surface area contributed by atoms with Crippen molar-refractivity contribution in [3.05, 3.63) is 35.4 Å². The number of carbonyl (C=O) groups is 2. The Labute approximate surface area is 144 Å². The van der Waals surface area contributed by atoms with Gasteiger partial charge in [-0.3, -0.25) is 14.5 Å². The zero-order valence-corrected chi connectivity index (χ0v) is 14.9. The maximum atomic E-state index is 12.3. The van der Waals surface area contributed by atoms with E-state index in [1.807, 2.05) is 24.0 Å². The van der Waals surface area contributed by atoms with Gasteiger partial charge in [-0.25, -0.2) is 0 Å². The number of rotatable bonds is 6. The number of aliphatic hydroxyl groups is 1. The van der Waals surface area contributed by atoms with E-state index in [-0.39, 0.29) is 23.8 Å². The maximum Gasteiger partial charge on any atom is 0.223 e. The lowest BCUT2D eigenvalue weighted by Gasteiger charge is -2.44. The molecule has 5 heteroatoms. The molecule has 1 amide bonds. The van der Waals surface area contributed by atoms with Crippen molar-refractivity contribution in [2.45, 2.75) is 52.2 Å². The average molecular weight is 332 g/mol. The molecule has 1 N–H and O–H groups in total. The zero-order valence-electron chi connectivity index (χ0n) is 14.9. The Morgan fingerprint density at radius 2 is 1.71 bits per heavy atom. The second kappa shape index (κ2) is 8.40. The molecule has 132 valence electrons. The van der Waals surface area contributed by atoms with E-state index in [0.717, 1.165) is 31.6 Å². The van der Waals surface area contributed by atoms with Gasteiger partial charge in [-0.15, -0.1) is 0 Å². The van der Waals surface area contributed by atoms with Crippen molar-refractivity contribution < 1.29 is 14.7 Å². The van der Waals surface area contributed by atoms with Gasteiger partial charge in [0.15, 0.2) is 5.78 Å². The Kier molecular flexibility index (Phi) is 6.52. The summed E-state index contributed by atoms with van der Waals surface area (Å²) in [4.78, 5) is 28.1. The predicted molar refractivity (Wildman–Crippen MR) is 93.8 cm³/mol. The van der Waals surface area contributed by atoms with E-state index < -0.39 is 6.61 Å². The van der Waals surface area contributed by atoms with Crippen molar-refractivity contribution in [3.8, 4) is 0 Å². The van der Waals surface area contributed by atoms with E-state index >= 15 is 0 Å². The number of Topliss-reactive ketones (excluding diaryl/α,β-unsaturated/α-hetero) is 1. The Bertz CT molecular complexity index is 558. The predicted octanol–water partition coefficient (Wildman–Crippen LogP) is 2.08. The molecule has 0 aromatic heterocycles. The van der Waals surface area contributed by atoms with Crippen molar-refractivity contribution in [2.75, 3.05) is 19.7 Å². The number of aliphatic hydroxyl groups excluding tert-OH is 1. The van der Waals surface area contributed by atoms with Crippen LogP contribution in [0.25, 0.3) is 0 Å². The minimum Gasteiger partial charge on any atom is -0.388 e. The summed E-state index contributed by atoms with van der Waals surface area (Å²) in [6.07, 6.45) is 1.51. The van der Waals surface area contributed by atoms with Crippen LogP contribution in [0.1, 0.15) is 49.5 Å². The fourth-order valence-electron chi connectivity index (χ4n) is 3.54. The van der Waals surface area contributed by atoms with Crippen LogP contribution in [0, 0.1) is 0 Å². The monoisotopic (exact) mass is 332 g/mol. The highest BCUT2D eigenvalue weighted by molar-refractivity contribution is 5.96. The highest BCUT2D eigenvalue weighted by Gasteiger charge is 2.32. The van der Waals surface area contributed by atoms with Crippen LogP contribution in [0.2, 0.25) is 0 Å². The quantitative estimate of drug-likeness (QED) is 0.810. The molecule has 0 unspecified atom stereocenters. The molecule has 1 saturated heterocycles. The van der Waals surface area contributed by atoms with Crippen molar-refractivity contribution in [1.29, 1.82) is 0 Å². The number of nitrogens with zero attached hydrogens (tertiary/aromatic N) is 2. The number of hydrogen-bond acceptors (Lipinski definition) is 4. The molecule has 0 radical (unpaired) electrons. The summed E-state index contributed by atoms with van der Waals surface area (Å²) in [7, 11) is 0. The highest BCUT2D eigenvalue weighted by Crippen LogP contribution is 2.19. The molecule has 0 saturated carbocycles. The van der Waals surface area contributed by atoms with Gasteiger partial charge in [-0.1, -0.05) is 31.2 Å². The van der Waals surface area contributed by atoms with Crippen LogP contribution in [0.5, 0.6) is 0 Å². The first-order chi connectivity index (χ1) is 11.5. The largest absolute Gasteiger partial charge is 0.388 e. The lowest BCUT2D eigenvalue weighted by molar-refractivity contribution is -0.139. The van der Waals surface area contributed by atoms with Crippen molar-refractivity contribution >= 4 is 11.7 Å². The molecule has 1 aromatic rings. The summed E-state index contributed by atoms with van der Waals surface area (Å²) in [6.45, 7) is 8.32. The lowest BCUT2D eigenvalue weighted by Crippen LogP contribution is -2.58. The van der Waals surface area contributed by atoms with E-state index in [1.165, 1.54) is 0 Å². The van der Waals surface area contributed by atoms with Crippen molar-refractivity contribution in [3.63, 3.8) is 0 Å². The minimum atomic E-state index is -0.456. The van der Waals surface area contributed by atoms with Crippen LogP contribution in [0.3, 0.4) is 0 Å². The zero-order chi connectivity index (χ0) is 17.7. The standard InChI is InChI=1S/C19H28N2O3/c1-4-5-19(24)21-14(2)10-20(11-15(21)3)12-16-6-8-17(9-7-16)18(23)13-22/h6-9,14-15,22H,4-5,10-13H2,1-3H3/t14-,15+. The molecule has 1 heterocycles. The van der Waals surface area contributed by atoms with Gasteiger partial charge < -0.3 is 10.0 Å². The number of piperazine rings is 1. The summed E-state index contributed by atoms with van der Waals surface area (Å²) >= 11 is 0. The van der Waals surface area contributed by atoms with Gasteiger partial charge in [0, 0.05) is 43.7 Å². The van der Waals surface area contributed by atoms with Gasteiger partial charge in [0.05, 0.1) is 0 Å². The highest BCUT2D eigenvalue weighted by atomic mass is 16.3. The Morgan fingerprint density at radius 1 is 1.12 bits per heavy atom. The summed E-state index contributed by atoms with van der Waals surface area (Å²) in [5.74, 6) is -0.00383. The van der Waals surface area contributed by atoms with Gasteiger partial charge in [-0.05, 0) is 25.8 Å². The SMILES string of the molecule is CCCC(=O)N1[C@H](C)CN(Cc2ccc(C(=O)CO)cc2)C[C@@H]1C. The molecule has 5 nitrogen and oxygen atoms in total. The number of ketones is 1. The first-order valence-corrected chi connectivity index (χ1v) is 8.72. The van der Waals surface area contributed by atoms with Crippen LogP contribution < -0.4 is 0 Å². The average Bonchev–Trinajstić information content (AvgIpc) is 2.54. The van der Waals surface area contributed by atoms with E-state index in [1.54, 1.807) is 12.1 Å². The molecule has 0 spiro atoms. The van der Waals surface area contributed by atoms with Crippen LogP contribution >= 0.6 is 0 Å². The summed E-state index contributed by atoms with van der Waals surface area (Å²) in [5.41, 5.74) is 1.68. The van der Waals surface area contributed by atoms with Crippen molar-refractivity contribution in [1.82, 2.24) is 9.80 Å². The molecular weight excluding hydrogens is 304 g/mol. The summed E-state index contributed by atoms with van der Waals surface area (Å²) < 4.78 is 0. The summed E-state index contributed by atoms with van der Waals surface area (Å²) in [5, 5.41) is 8.89. The third kappa shape index (κ3) is 4.42. The number of carbonyl (C=O) groups excluding carboxylic acids is 2. The third-order valence-corrected chi connectivity index (χ3v) is 4.57. The van der Waals surface area contributed by atoms with Gasteiger partial charge in [-0.2, -0.15) is 0 Å². The Balaban J connectivity index is 1.97. The first kappa shape index (κ1) is 18.6. The molecule has 1 aliphatic heterocycles. The van der Waals surface area contributed by atoms with Crippen LogP contribution in [0.4, 0.5) is 0 Å². The normalized spacial score (nSPS) is 21.8. The van der Waals surface area contributed by atoms with E-state index in [4.69, 9.17) is 5.11 Å². The Hall–Kier alpha value is -1.72. The molecule has 0 aliphatic carbocycles. The minimum absolute atomic E-state index is 0.211. The van der Waals surface area contributed by atoms with Gasteiger partial charge in [0.2, 0.25) is 5.91 Å². The molecule has 1 aliphatic rings.